The molecule has 4 heteroatoms. The van der Waals surface area contributed by atoms with Crippen LogP contribution in [0.3, 0.4) is 0 Å². The van der Waals surface area contributed by atoms with Crippen LogP contribution in [0.2, 0.25) is 0 Å². The summed E-state index contributed by atoms with van der Waals surface area (Å²) < 4.78 is 5.14. The van der Waals surface area contributed by atoms with E-state index in [1.54, 1.807) is 6.92 Å². The Labute approximate surface area is 146 Å². The van der Waals surface area contributed by atoms with E-state index in [1.807, 2.05) is 13.0 Å². The fourth-order valence-corrected chi connectivity index (χ4v) is 4.69. The first kappa shape index (κ1) is 19.2. The Morgan fingerprint density at radius 1 is 1.33 bits per heavy atom. The highest BCUT2D eigenvalue weighted by atomic mass is 16.5. The molecule has 0 radical (unpaired) electrons. The molecule has 2 rings (SSSR count). The van der Waals surface area contributed by atoms with Crippen LogP contribution in [-0.2, 0) is 14.3 Å². The minimum absolute atomic E-state index is 0.102. The molecule has 136 valence electrons. The van der Waals surface area contributed by atoms with Crippen molar-refractivity contribution in [3.63, 3.8) is 0 Å². The van der Waals surface area contributed by atoms with Gasteiger partial charge in [0.05, 0.1) is 0 Å². The van der Waals surface area contributed by atoms with Gasteiger partial charge in [0.15, 0.2) is 5.78 Å². The van der Waals surface area contributed by atoms with Gasteiger partial charge in [0.1, 0.15) is 6.10 Å². The monoisotopic (exact) mass is 335 g/mol. The molecule has 2 saturated carbocycles. The Kier molecular flexibility index (Phi) is 6.62. The number of ketones is 1. The van der Waals surface area contributed by atoms with Gasteiger partial charge in [-0.1, -0.05) is 25.8 Å². The van der Waals surface area contributed by atoms with Gasteiger partial charge in [0, 0.05) is 31.0 Å². The van der Waals surface area contributed by atoms with Crippen LogP contribution in [0.15, 0.2) is 11.6 Å². The lowest BCUT2D eigenvalue weighted by Gasteiger charge is -2.48. The zero-order valence-electron chi connectivity index (χ0n) is 15.7. The first-order valence-electron chi connectivity index (χ1n) is 9.42. The Morgan fingerprint density at radius 2 is 2.08 bits per heavy atom. The zero-order valence-corrected chi connectivity index (χ0v) is 15.7. The van der Waals surface area contributed by atoms with E-state index in [9.17, 15) is 9.59 Å². The second kappa shape index (κ2) is 8.28. The van der Waals surface area contributed by atoms with Gasteiger partial charge in [-0.2, -0.15) is 0 Å². The third kappa shape index (κ3) is 5.44. The quantitative estimate of drug-likeness (QED) is 0.568. The van der Waals surface area contributed by atoms with Crippen molar-refractivity contribution in [1.29, 1.82) is 0 Å². The fourth-order valence-electron chi connectivity index (χ4n) is 4.69. The molecule has 0 aromatic heterocycles. The summed E-state index contributed by atoms with van der Waals surface area (Å²) in [7, 11) is 0. The fraction of sp³-hybridized carbons (Fsp3) is 0.800. The van der Waals surface area contributed by atoms with Crippen LogP contribution >= 0.6 is 0 Å². The van der Waals surface area contributed by atoms with Gasteiger partial charge in [-0.3, -0.25) is 9.59 Å². The number of esters is 1. The number of carbonyl (C=O) groups excluding carboxylic acids is 2. The van der Waals surface area contributed by atoms with E-state index in [1.165, 1.54) is 45.4 Å². The number of Topliss-reactive ketones (excluding diaryl/α,β-unsaturated/α-hetero) is 1. The Morgan fingerprint density at radius 3 is 2.75 bits per heavy atom. The number of fused-ring (bicyclic) bond motifs is 2. The van der Waals surface area contributed by atoms with Crippen molar-refractivity contribution < 1.29 is 14.3 Å². The molecule has 0 aromatic rings. The normalized spacial score (nSPS) is 31.4. The summed E-state index contributed by atoms with van der Waals surface area (Å²) in [6.45, 7) is 7.87. The van der Waals surface area contributed by atoms with E-state index in [4.69, 9.17) is 4.74 Å². The summed E-state index contributed by atoms with van der Waals surface area (Å²) in [6, 6.07) is 0. The van der Waals surface area contributed by atoms with Crippen LogP contribution in [0.25, 0.3) is 0 Å². The van der Waals surface area contributed by atoms with Crippen molar-refractivity contribution in [2.75, 3.05) is 6.54 Å². The summed E-state index contributed by atoms with van der Waals surface area (Å²) in [4.78, 5) is 23.0. The smallest absolute Gasteiger partial charge is 0.302 e. The minimum atomic E-state index is -0.276. The Balaban J connectivity index is 1.95. The predicted molar refractivity (Wildman–Crippen MR) is 95.7 cm³/mol. The molecule has 2 fully saturated rings. The molecule has 4 unspecified atom stereocenters. The molecule has 2 aliphatic carbocycles. The highest BCUT2D eigenvalue weighted by Gasteiger charge is 2.41. The number of ether oxygens (including phenoxy) is 1. The van der Waals surface area contributed by atoms with Crippen LogP contribution in [-0.4, -0.2) is 29.9 Å². The highest BCUT2D eigenvalue weighted by molar-refractivity contribution is 5.93. The van der Waals surface area contributed by atoms with E-state index in [2.05, 4.69) is 12.2 Å². The number of carbonyl (C=O) groups is 2. The van der Waals surface area contributed by atoms with E-state index >= 15 is 0 Å². The number of nitrogens with one attached hydrogen (secondary N) is 1. The Bertz CT molecular complexity index is 495. The molecule has 2 bridgehead atoms. The van der Waals surface area contributed by atoms with Crippen molar-refractivity contribution in [2.45, 2.75) is 84.3 Å². The zero-order chi connectivity index (χ0) is 17.7. The molecule has 2 aliphatic rings. The molecule has 0 spiro atoms. The number of hydrogen-bond donors (Lipinski definition) is 1. The lowest BCUT2D eigenvalue weighted by Crippen LogP contribution is -2.53. The molecular formula is C20H33NO3. The molecule has 4 nitrogen and oxygen atoms in total. The first-order valence-corrected chi connectivity index (χ1v) is 9.42. The second-order valence-electron chi connectivity index (χ2n) is 8.08. The summed E-state index contributed by atoms with van der Waals surface area (Å²) >= 11 is 0. The van der Waals surface area contributed by atoms with Gasteiger partial charge in [0.2, 0.25) is 0 Å². The summed E-state index contributed by atoms with van der Waals surface area (Å²) in [6.07, 6.45) is 10.1. The third-order valence-electron chi connectivity index (χ3n) is 5.59. The van der Waals surface area contributed by atoms with Crippen molar-refractivity contribution in [1.82, 2.24) is 5.32 Å². The lowest BCUT2D eigenvalue weighted by molar-refractivity contribution is -0.145. The van der Waals surface area contributed by atoms with Crippen LogP contribution in [0.5, 0.6) is 0 Å². The SMILES string of the molecule is CC(=O)OC(C)C/C=C(/CNC12CCCC(CC(C)C1)C2)C(C)=O. The average molecular weight is 335 g/mol. The van der Waals surface area contributed by atoms with Crippen molar-refractivity contribution in [2.24, 2.45) is 11.8 Å². The van der Waals surface area contributed by atoms with Crippen molar-refractivity contribution >= 4 is 11.8 Å². The second-order valence-corrected chi connectivity index (χ2v) is 8.08. The largest absolute Gasteiger partial charge is 0.463 e. The van der Waals surface area contributed by atoms with Crippen molar-refractivity contribution in [3.05, 3.63) is 11.6 Å². The van der Waals surface area contributed by atoms with Crippen LogP contribution in [0.4, 0.5) is 0 Å². The van der Waals surface area contributed by atoms with Gasteiger partial charge >= 0.3 is 5.97 Å². The van der Waals surface area contributed by atoms with Crippen LogP contribution in [0.1, 0.15) is 72.6 Å². The van der Waals surface area contributed by atoms with E-state index < -0.39 is 0 Å². The molecule has 1 N–H and O–H groups in total. The maximum absolute atomic E-state index is 12.0. The topological polar surface area (TPSA) is 55.4 Å². The van der Waals surface area contributed by atoms with Gasteiger partial charge in [0.25, 0.3) is 0 Å². The highest BCUT2D eigenvalue weighted by Crippen LogP contribution is 2.45. The minimum Gasteiger partial charge on any atom is -0.463 e. The molecule has 0 aliphatic heterocycles. The summed E-state index contributed by atoms with van der Waals surface area (Å²) in [5.74, 6) is 1.45. The molecule has 0 saturated heterocycles. The average Bonchev–Trinajstić information content (AvgIpc) is 2.45. The molecule has 0 aromatic carbocycles. The first-order chi connectivity index (χ1) is 11.3. The maximum Gasteiger partial charge on any atom is 0.302 e. The van der Waals surface area contributed by atoms with Crippen LogP contribution < -0.4 is 5.32 Å². The lowest BCUT2D eigenvalue weighted by atomic mass is 9.64. The van der Waals surface area contributed by atoms with Gasteiger partial charge in [-0.25, -0.2) is 0 Å². The Hall–Kier alpha value is -1.16. The maximum atomic E-state index is 12.0. The summed E-state index contributed by atoms with van der Waals surface area (Å²) in [5, 5.41) is 3.75. The molecule has 4 atom stereocenters. The van der Waals surface area contributed by atoms with Gasteiger partial charge < -0.3 is 10.1 Å². The van der Waals surface area contributed by atoms with Crippen molar-refractivity contribution in [3.8, 4) is 0 Å². The van der Waals surface area contributed by atoms with Gasteiger partial charge in [-0.15, -0.1) is 0 Å². The standard InChI is InChI=1S/C20H33NO3/c1-14-10-18-6-5-9-20(11-14,12-18)21-13-19(16(3)22)8-7-15(2)24-17(4)23/h8,14-15,18,21H,5-7,9-13H2,1-4H3/b19-8-. The van der Waals surface area contributed by atoms with Gasteiger partial charge in [-0.05, 0) is 51.4 Å². The number of hydrogen-bond acceptors (Lipinski definition) is 4. The molecule has 0 amide bonds. The van der Waals surface area contributed by atoms with E-state index in [-0.39, 0.29) is 23.4 Å². The molecule has 24 heavy (non-hydrogen) atoms. The number of rotatable bonds is 7. The van der Waals surface area contributed by atoms with Crippen LogP contribution in [0, 0.1) is 11.8 Å². The third-order valence-corrected chi connectivity index (χ3v) is 5.59. The molecule has 0 heterocycles. The van der Waals surface area contributed by atoms with E-state index in [0.717, 1.165) is 17.4 Å². The summed E-state index contributed by atoms with van der Waals surface area (Å²) in [5.41, 5.74) is 1.03. The van der Waals surface area contributed by atoms with E-state index in [0.29, 0.717) is 13.0 Å². The predicted octanol–water partition coefficient (Wildman–Crippen LogP) is 3.79. The molecular weight excluding hydrogens is 302 g/mol.